The molecule has 0 fully saturated rings. The molecule has 0 saturated carbocycles. The van der Waals surface area contributed by atoms with Crippen molar-refractivity contribution in [2.75, 3.05) is 13.6 Å². The van der Waals surface area contributed by atoms with Gasteiger partial charge >= 0.3 is 6.03 Å². The van der Waals surface area contributed by atoms with Crippen LogP contribution in [0.3, 0.4) is 0 Å². The summed E-state index contributed by atoms with van der Waals surface area (Å²) in [5.74, 6) is 2.69. The quantitative estimate of drug-likeness (QED) is 0.521. The molecule has 2 amide bonds. The second-order valence-corrected chi connectivity index (χ2v) is 2.00. The molecule has 9 heavy (non-hydrogen) atoms. The first-order valence-electron chi connectivity index (χ1n) is 2.27. The fourth-order valence-electron chi connectivity index (χ4n) is 0.226. The summed E-state index contributed by atoms with van der Waals surface area (Å²) in [6.07, 6.45) is 0. The van der Waals surface area contributed by atoms with Gasteiger partial charge < -0.3 is 10.6 Å². The summed E-state index contributed by atoms with van der Waals surface area (Å²) in [5.41, 5.74) is 4.89. The van der Waals surface area contributed by atoms with Crippen LogP contribution in [0.5, 0.6) is 0 Å². The average Bonchev–Trinajstić information content (AvgIpc) is 1.82. The minimum Gasteiger partial charge on any atom is -0.351 e. The van der Waals surface area contributed by atoms with Crippen LogP contribution in [0.2, 0.25) is 0 Å². The van der Waals surface area contributed by atoms with Crippen LogP contribution in [0.25, 0.3) is 0 Å². The molecule has 0 spiro atoms. The van der Waals surface area contributed by atoms with E-state index in [1.807, 2.05) is 22.6 Å². The lowest BCUT2D eigenvalue weighted by molar-refractivity contribution is 0.223. The number of amides is 2. The first kappa shape index (κ1) is 8.56. The van der Waals surface area contributed by atoms with Crippen molar-refractivity contribution in [3.8, 4) is 9.85 Å². The fraction of sp³-hybridized carbons (Fsp3) is 0.400. The number of nitrogens with two attached hydrogens (primary N) is 1. The number of primary amides is 1. The van der Waals surface area contributed by atoms with Crippen LogP contribution in [0.4, 0.5) is 4.79 Å². The fourth-order valence-corrected chi connectivity index (χ4v) is 0.397. The Balaban J connectivity index is 3.59. The summed E-state index contributed by atoms with van der Waals surface area (Å²) in [5, 5.41) is 0. The van der Waals surface area contributed by atoms with Crippen LogP contribution in [0.1, 0.15) is 0 Å². The van der Waals surface area contributed by atoms with E-state index in [0.717, 1.165) is 0 Å². The van der Waals surface area contributed by atoms with Gasteiger partial charge in [0.05, 0.1) is 6.54 Å². The van der Waals surface area contributed by atoms with E-state index in [4.69, 9.17) is 5.73 Å². The van der Waals surface area contributed by atoms with Gasteiger partial charge in [-0.25, -0.2) is 4.79 Å². The molecule has 0 heterocycles. The summed E-state index contributed by atoms with van der Waals surface area (Å²) in [4.78, 5) is 11.6. The van der Waals surface area contributed by atoms with E-state index in [-0.39, 0.29) is 0 Å². The molecule has 3 nitrogen and oxygen atoms in total. The summed E-state index contributed by atoms with van der Waals surface area (Å²) < 4.78 is 2.62. The Hall–Kier alpha value is -0.440. The summed E-state index contributed by atoms with van der Waals surface area (Å²) >= 11 is 1.90. The van der Waals surface area contributed by atoms with Crippen molar-refractivity contribution in [3.63, 3.8) is 0 Å². The summed E-state index contributed by atoms with van der Waals surface area (Å²) in [7, 11) is 1.60. The van der Waals surface area contributed by atoms with Gasteiger partial charge in [-0.2, -0.15) is 0 Å². The number of nitrogens with zero attached hydrogens (tertiary/aromatic N) is 1. The van der Waals surface area contributed by atoms with Crippen LogP contribution in [-0.4, -0.2) is 24.5 Å². The normalized spacial score (nSPS) is 7.33. The third kappa shape index (κ3) is 4.09. The molecule has 2 N–H and O–H groups in total. The Morgan fingerprint density at radius 3 is 2.78 bits per heavy atom. The minimum atomic E-state index is -0.450. The minimum absolute atomic E-state index is 0.401. The van der Waals surface area contributed by atoms with Crippen molar-refractivity contribution in [1.29, 1.82) is 0 Å². The van der Waals surface area contributed by atoms with E-state index < -0.39 is 6.03 Å². The number of rotatable bonds is 1. The van der Waals surface area contributed by atoms with Crippen LogP contribution in [-0.2, 0) is 0 Å². The highest BCUT2D eigenvalue weighted by Gasteiger charge is 1.97. The zero-order valence-electron chi connectivity index (χ0n) is 5.02. The van der Waals surface area contributed by atoms with Crippen molar-refractivity contribution in [2.45, 2.75) is 0 Å². The molecule has 0 radical (unpaired) electrons. The number of hydrogen-bond acceptors (Lipinski definition) is 1. The molecule has 0 saturated heterocycles. The Kier molecular flexibility index (Phi) is 4.22. The zero-order valence-corrected chi connectivity index (χ0v) is 7.18. The lowest BCUT2D eigenvalue weighted by Crippen LogP contribution is -2.32. The van der Waals surface area contributed by atoms with Gasteiger partial charge in [-0.1, -0.05) is 5.92 Å². The van der Waals surface area contributed by atoms with Gasteiger partial charge in [-0.05, 0) is 3.93 Å². The van der Waals surface area contributed by atoms with Gasteiger partial charge in [0, 0.05) is 29.6 Å². The molecule has 0 bridgehead atoms. The Morgan fingerprint density at radius 1 is 1.89 bits per heavy atom. The molecular weight excluding hydrogens is 231 g/mol. The second-order valence-electron chi connectivity index (χ2n) is 1.47. The van der Waals surface area contributed by atoms with Gasteiger partial charge in [-0.3, -0.25) is 0 Å². The lowest BCUT2D eigenvalue weighted by atomic mass is 10.6. The standard InChI is InChI=1S/C5H7IN2O/c1-8(5(7)9)4-2-3-6/h4H2,1H3,(H2,7,9). The molecule has 0 aromatic heterocycles. The van der Waals surface area contributed by atoms with Crippen LogP contribution in [0.15, 0.2) is 0 Å². The van der Waals surface area contributed by atoms with E-state index >= 15 is 0 Å². The Morgan fingerprint density at radius 2 is 2.44 bits per heavy atom. The van der Waals surface area contributed by atoms with Crippen molar-refractivity contribution in [3.05, 3.63) is 0 Å². The second kappa shape index (κ2) is 4.44. The van der Waals surface area contributed by atoms with Gasteiger partial charge in [0.15, 0.2) is 0 Å². The largest absolute Gasteiger partial charge is 0.351 e. The van der Waals surface area contributed by atoms with Gasteiger partial charge in [0.25, 0.3) is 0 Å². The number of carbonyl (C=O) groups excluding carboxylic acids is 1. The molecule has 0 aromatic rings. The molecule has 0 unspecified atom stereocenters. The van der Waals surface area contributed by atoms with E-state index in [9.17, 15) is 4.79 Å². The molecule has 0 rings (SSSR count). The lowest BCUT2D eigenvalue weighted by Gasteiger charge is -2.07. The third-order valence-corrected chi connectivity index (χ3v) is 1.14. The molecule has 0 aliphatic heterocycles. The maximum atomic E-state index is 10.3. The predicted octanol–water partition coefficient (Wildman–Crippen LogP) is 0.393. The Labute approximate surface area is 67.7 Å². The van der Waals surface area contributed by atoms with Crippen molar-refractivity contribution in [1.82, 2.24) is 4.90 Å². The molecule has 4 heteroatoms. The number of halogens is 1. The molecule has 50 valence electrons. The van der Waals surface area contributed by atoms with Crippen molar-refractivity contribution < 1.29 is 4.79 Å². The SMILES string of the molecule is CN(CC#CI)C(N)=O. The summed E-state index contributed by atoms with van der Waals surface area (Å²) in [6.45, 7) is 0.401. The maximum absolute atomic E-state index is 10.3. The van der Waals surface area contributed by atoms with Crippen LogP contribution < -0.4 is 5.73 Å². The van der Waals surface area contributed by atoms with Crippen molar-refractivity contribution in [2.24, 2.45) is 5.73 Å². The third-order valence-electron chi connectivity index (χ3n) is 0.759. The average molecular weight is 238 g/mol. The monoisotopic (exact) mass is 238 g/mol. The van der Waals surface area contributed by atoms with Crippen LogP contribution >= 0.6 is 22.6 Å². The molecule has 0 aliphatic carbocycles. The first-order valence-corrected chi connectivity index (χ1v) is 3.35. The van der Waals surface area contributed by atoms with Crippen molar-refractivity contribution >= 4 is 28.6 Å². The van der Waals surface area contributed by atoms with E-state index in [1.165, 1.54) is 4.90 Å². The highest BCUT2D eigenvalue weighted by molar-refractivity contribution is 14.1. The highest BCUT2D eigenvalue weighted by Crippen LogP contribution is 1.79. The number of urea groups is 1. The first-order chi connectivity index (χ1) is 4.18. The van der Waals surface area contributed by atoms with Gasteiger partial charge in [0.1, 0.15) is 0 Å². The molecular formula is C5H7IN2O. The number of hydrogen-bond donors (Lipinski definition) is 1. The maximum Gasteiger partial charge on any atom is 0.315 e. The smallest absolute Gasteiger partial charge is 0.315 e. The molecule has 0 aliphatic rings. The molecule has 0 aromatic carbocycles. The van der Waals surface area contributed by atoms with Gasteiger partial charge in [0.2, 0.25) is 0 Å². The van der Waals surface area contributed by atoms with E-state index in [2.05, 4.69) is 9.85 Å². The predicted molar refractivity (Wildman–Crippen MR) is 44.0 cm³/mol. The Bertz CT molecular complexity index is 158. The van der Waals surface area contributed by atoms with Gasteiger partial charge in [-0.15, -0.1) is 0 Å². The summed E-state index contributed by atoms with van der Waals surface area (Å²) in [6, 6.07) is -0.450. The topological polar surface area (TPSA) is 46.3 Å². The zero-order chi connectivity index (χ0) is 7.28. The van der Waals surface area contributed by atoms with E-state index in [0.29, 0.717) is 6.54 Å². The molecule has 0 atom stereocenters. The van der Waals surface area contributed by atoms with E-state index in [1.54, 1.807) is 7.05 Å². The van der Waals surface area contributed by atoms with Crippen LogP contribution in [0, 0.1) is 9.85 Å². The number of carbonyl (C=O) groups is 1. The highest BCUT2D eigenvalue weighted by atomic mass is 127.